The highest BCUT2D eigenvalue weighted by molar-refractivity contribution is 5.94. The van der Waals surface area contributed by atoms with E-state index in [0.717, 1.165) is 17.2 Å². The zero-order chi connectivity index (χ0) is 17.6. The van der Waals surface area contributed by atoms with Crippen LogP contribution in [0.1, 0.15) is 21.7 Å². The number of carbonyl (C=O) groups is 1. The zero-order valence-corrected chi connectivity index (χ0v) is 13.8. The number of rotatable bonds is 5. The van der Waals surface area contributed by atoms with Crippen LogP contribution in [0.4, 0.5) is 0 Å². The largest absolute Gasteiger partial charge is 0.352 e. The van der Waals surface area contributed by atoms with E-state index in [9.17, 15) is 4.79 Å². The number of hydrogen-bond donors (Lipinski definition) is 1. The van der Waals surface area contributed by atoms with Crippen LogP contribution in [0.3, 0.4) is 0 Å². The van der Waals surface area contributed by atoms with Gasteiger partial charge in [0.15, 0.2) is 5.82 Å². The van der Waals surface area contributed by atoms with Gasteiger partial charge >= 0.3 is 0 Å². The van der Waals surface area contributed by atoms with E-state index in [1.165, 1.54) is 0 Å². The number of nitrogens with zero attached hydrogens (tertiary/aromatic N) is 4. The summed E-state index contributed by atoms with van der Waals surface area (Å²) >= 11 is 0. The number of amides is 1. The summed E-state index contributed by atoms with van der Waals surface area (Å²) in [6, 6.07) is 18.5. The third-order valence-corrected chi connectivity index (χ3v) is 3.89. The lowest BCUT2D eigenvalue weighted by atomic mass is 10.1. The average molecular weight is 331 g/mol. The molecule has 0 spiro atoms. The van der Waals surface area contributed by atoms with Crippen molar-refractivity contribution in [1.29, 1.82) is 5.26 Å². The van der Waals surface area contributed by atoms with Gasteiger partial charge in [0.05, 0.1) is 11.6 Å². The second-order valence-electron chi connectivity index (χ2n) is 5.56. The number of hydrogen-bond acceptors (Lipinski definition) is 4. The Hall–Kier alpha value is -3.46. The van der Waals surface area contributed by atoms with Crippen LogP contribution in [0.25, 0.3) is 11.4 Å². The number of nitrogens with one attached hydrogen (secondary N) is 1. The maximum absolute atomic E-state index is 12.2. The fourth-order valence-electron chi connectivity index (χ4n) is 2.54. The molecule has 3 aromatic rings. The van der Waals surface area contributed by atoms with Crippen LogP contribution in [-0.2, 0) is 13.5 Å². The molecule has 25 heavy (non-hydrogen) atoms. The molecular weight excluding hydrogens is 314 g/mol. The van der Waals surface area contributed by atoms with Gasteiger partial charge in [-0.25, -0.2) is 0 Å². The highest BCUT2D eigenvalue weighted by Crippen LogP contribution is 2.16. The second kappa shape index (κ2) is 7.41. The smallest absolute Gasteiger partial charge is 0.251 e. The van der Waals surface area contributed by atoms with E-state index in [0.29, 0.717) is 24.1 Å². The second-order valence-corrected chi connectivity index (χ2v) is 5.56. The average Bonchev–Trinajstić information content (AvgIpc) is 3.03. The minimum Gasteiger partial charge on any atom is -0.352 e. The Labute approximate surface area is 145 Å². The van der Waals surface area contributed by atoms with Gasteiger partial charge in [-0.15, -0.1) is 10.2 Å². The number of nitriles is 1. The molecule has 0 saturated heterocycles. The zero-order valence-electron chi connectivity index (χ0n) is 13.8. The predicted octanol–water partition coefficient (Wildman–Crippen LogP) is 2.33. The third kappa shape index (κ3) is 3.72. The molecule has 0 aliphatic heterocycles. The molecule has 0 radical (unpaired) electrons. The molecule has 0 atom stereocenters. The highest BCUT2D eigenvalue weighted by atomic mass is 16.1. The van der Waals surface area contributed by atoms with E-state index in [1.807, 2.05) is 48.0 Å². The summed E-state index contributed by atoms with van der Waals surface area (Å²) in [5.41, 5.74) is 1.94. The Morgan fingerprint density at radius 3 is 2.72 bits per heavy atom. The van der Waals surface area contributed by atoms with Gasteiger partial charge in [-0.1, -0.05) is 36.4 Å². The quantitative estimate of drug-likeness (QED) is 0.778. The van der Waals surface area contributed by atoms with Crippen LogP contribution in [0.2, 0.25) is 0 Å². The summed E-state index contributed by atoms with van der Waals surface area (Å²) in [5, 5.41) is 20.2. The number of aromatic nitrogens is 3. The molecule has 3 rings (SSSR count). The molecule has 6 heteroatoms. The van der Waals surface area contributed by atoms with Crippen LogP contribution in [0.15, 0.2) is 54.6 Å². The van der Waals surface area contributed by atoms with E-state index in [2.05, 4.69) is 15.5 Å². The summed E-state index contributed by atoms with van der Waals surface area (Å²) in [4.78, 5) is 12.2. The molecule has 0 fully saturated rings. The fourth-order valence-corrected chi connectivity index (χ4v) is 2.54. The van der Waals surface area contributed by atoms with E-state index in [-0.39, 0.29) is 5.91 Å². The Morgan fingerprint density at radius 1 is 1.16 bits per heavy atom. The van der Waals surface area contributed by atoms with Crippen molar-refractivity contribution in [1.82, 2.24) is 20.1 Å². The monoisotopic (exact) mass is 331 g/mol. The molecule has 0 bridgehead atoms. The first-order valence-corrected chi connectivity index (χ1v) is 7.91. The Morgan fingerprint density at radius 2 is 1.96 bits per heavy atom. The van der Waals surface area contributed by atoms with Crippen LogP contribution < -0.4 is 5.32 Å². The van der Waals surface area contributed by atoms with E-state index < -0.39 is 0 Å². The van der Waals surface area contributed by atoms with Crippen molar-refractivity contribution < 1.29 is 4.79 Å². The molecule has 124 valence electrons. The van der Waals surface area contributed by atoms with Crippen LogP contribution in [0, 0.1) is 11.3 Å². The van der Waals surface area contributed by atoms with Crippen molar-refractivity contribution in [2.75, 3.05) is 6.54 Å². The van der Waals surface area contributed by atoms with Crippen molar-refractivity contribution in [3.63, 3.8) is 0 Å². The Bertz CT molecular complexity index is 924. The first-order chi connectivity index (χ1) is 12.2. The lowest BCUT2D eigenvalue weighted by Crippen LogP contribution is -2.26. The Kier molecular flexibility index (Phi) is 4.86. The van der Waals surface area contributed by atoms with Crippen molar-refractivity contribution >= 4 is 5.91 Å². The highest BCUT2D eigenvalue weighted by Gasteiger charge is 2.11. The van der Waals surface area contributed by atoms with Crippen molar-refractivity contribution in [2.45, 2.75) is 6.42 Å². The topological polar surface area (TPSA) is 83.6 Å². The lowest BCUT2D eigenvalue weighted by Gasteiger charge is -2.06. The van der Waals surface area contributed by atoms with Crippen molar-refractivity contribution in [3.05, 3.63) is 71.5 Å². The van der Waals surface area contributed by atoms with Crippen LogP contribution in [0.5, 0.6) is 0 Å². The molecule has 0 aliphatic rings. The molecule has 1 amide bonds. The lowest BCUT2D eigenvalue weighted by molar-refractivity contribution is 0.0954. The van der Waals surface area contributed by atoms with Gasteiger partial charge in [-0.3, -0.25) is 4.79 Å². The molecular formula is C19H17N5O. The predicted molar refractivity (Wildman–Crippen MR) is 93.6 cm³/mol. The van der Waals surface area contributed by atoms with Crippen LogP contribution in [-0.4, -0.2) is 27.2 Å². The van der Waals surface area contributed by atoms with Gasteiger partial charge in [-0.2, -0.15) is 5.26 Å². The standard InChI is InChI=1S/C19H17N5O/c1-24-17(22-23-18(24)15-7-3-2-4-8-15)10-11-21-19(25)16-9-5-6-14(12-16)13-20/h2-9,12H,10-11H2,1H3,(H,21,25). The van der Waals surface area contributed by atoms with Crippen molar-refractivity contribution in [2.24, 2.45) is 7.05 Å². The maximum Gasteiger partial charge on any atom is 0.251 e. The van der Waals surface area contributed by atoms with Gasteiger partial charge in [0.1, 0.15) is 5.82 Å². The van der Waals surface area contributed by atoms with Crippen LogP contribution >= 0.6 is 0 Å². The molecule has 1 heterocycles. The summed E-state index contributed by atoms with van der Waals surface area (Å²) in [6.07, 6.45) is 0.569. The van der Waals surface area contributed by atoms with E-state index in [4.69, 9.17) is 5.26 Å². The van der Waals surface area contributed by atoms with Gasteiger partial charge in [0.25, 0.3) is 5.91 Å². The summed E-state index contributed by atoms with van der Waals surface area (Å²) in [5.74, 6) is 1.39. The van der Waals surface area contributed by atoms with Gasteiger partial charge < -0.3 is 9.88 Å². The maximum atomic E-state index is 12.2. The summed E-state index contributed by atoms with van der Waals surface area (Å²) in [6.45, 7) is 0.441. The summed E-state index contributed by atoms with van der Waals surface area (Å²) < 4.78 is 1.93. The Balaban J connectivity index is 1.62. The molecule has 1 aromatic heterocycles. The molecule has 6 nitrogen and oxygen atoms in total. The first kappa shape index (κ1) is 16.4. The normalized spacial score (nSPS) is 10.2. The third-order valence-electron chi connectivity index (χ3n) is 3.89. The van der Waals surface area contributed by atoms with E-state index in [1.54, 1.807) is 24.3 Å². The van der Waals surface area contributed by atoms with Gasteiger partial charge in [-0.05, 0) is 18.2 Å². The molecule has 0 unspecified atom stereocenters. The van der Waals surface area contributed by atoms with E-state index >= 15 is 0 Å². The van der Waals surface area contributed by atoms with Gasteiger partial charge in [0, 0.05) is 31.1 Å². The van der Waals surface area contributed by atoms with Gasteiger partial charge in [0.2, 0.25) is 0 Å². The molecule has 2 aromatic carbocycles. The minimum atomic E-state index is -0.206. The number of benzene rings is 2. The first-order valence-electron chi connectivity index (χ1n) is 7.91. The fraction of sp³-hybridized carbons (Fsp3) is 0.158. The number of carbonyl (C=O) groups excluding carboxylic acids is 1. The summed E-state index contributed by atoms with van der Waals surface area (Å²) in [7, 11) is 1.91. The molecule has 0 aliphatic carbocycles. The molecule has 1 N–H and O–H groups in total. The van der Waals surface area contributed by atoms with Crippen molar-refractivity contribution in [3.8, 4) is 17.5 Å². The molecule has 0 saturated carbocycles. The minimum absolute atomic E-state index is 0.206. The SMILES string of the molecule is Cn1c(CCNC(=O)c2cccc(C#N)c2)nnc1-c1ccccc1.